The van der Waals surface area contributed by atoms with Crippen LogP contribution >= 0.6 is 0 Å². The molecule has 0 aliphatic carbocycles. The molecule has 2 rings (SSSR count). The van der Waals surface area contributed by atoms with Crippen molar-refractivity contribution in [1.82, 2.24) is 0 Å². The van der Waals surface area contributed by atoms with Gasteiger partial charge >= 0.3 is 6.18 Å². The van der Waals surface area contributed by atoms with Gasteiger partial charge in [0, 0.05) is 6.92 Å². The van der Waals surface area contributed by atoms with Gasteiger partial charge in [-0.2, -0.15) is 13.2 Å². The first kappa shape index (κ1) is 17.4. The number of rotatable bonds is 3. The monoisotopic (exact) mass is 328 g/mol. The van der Waals surface area contributed by atoms with E-state index in [1.165, 1.54) is 24.3 Å². The van der Waals surface area contributed by atoms with Crippen LogP contribution in [0.1, 0.15) is 29.2 Å². The lowest BCUT2D eigenvalue weighted by Crippen LogP contribution is -2.55. The van der Waals surface area contributed by atoms with Gasteiger partial charge in [0.25, 0.3) is 5.92 Å². The number of hydrogen-bond donors (Lipinski definition) is 0. The number of hydrogen-bond acceptors (Lipinski definition) is 0. The summed E-state index contributed by atoms with van der Waals surface area (Å²) in [5.41, 5.74) is -2.92. The summed E-state index contributed by atoms with van der Waals surface area (Å²) in [5.74, 6) is -4.03. The molecule has 2 aromatic rings. The van der Waals surface area contributed by atoms with Gasteiger partial charge in [-0.1, -0.05) is 59.7 Å². The van der Waals surface area contributed by atoms with Crippen LogP contribution in [-0.2, 0) is 5.41 Å². The van der Waals surface area contributed by atoms with E-state index in [4.69, 9.17) is 0 Å². The van der Waals surface area contributed by atoms with Crippen LogP contribution in [0, 0.1) is 13.8 Å². The molecule has 5 heteroatoms. The number of alkyl halides is 5. The van der Waals surface area contributed by atoms with E-state index in [9.17, 15) is 22.0 Å². The first-order chi connectivity index (χ1) is 10.5. The van der Waals surface area contributed by atoms with Gasteiger partial charge in [-0.05, 0) is 25.0 Å². The molecule has 0 saturated carbocycles. The van der Waals surface area contributed by atoms with Gasteiger partial charge in [0.05, 0.1) is 0 Å². The van der Waals surface area contributed by atoms with Crippen LogP contribution in [0.15, 0.2) is 48.5 Å². The summed E-state index contributed by atoms with van der Waals surface area (Å²) in [6, 6.07) is 10.2. The molecular weight excluding hydrogens is 311 g/mol. The van der Waals surface area contributed by atoms with Crippen LogP contribution in [0.3, 0.4) is 0 Å². The van der Waals surface area contributed by atoms with E-state index in [0.717, 1.165) is 24.3 Å². The average Bonchev–Trinajstić information content (AvgIpc) is 2.40. The largest absolute Gasteiger partial charge is 0.408 e. The second-order valence-corrected chi connectivity index (χ2v) is 5.87. The fraction of sp³-hybridized carbons (Fsp3) is 0.333. The van der Waals surface area contributed by atoms with Crippen molar-refractivity contribution in [2.24, 2.45) is 0 Å². The van der Waals surface area contributed by atoms with Crippen LogP contribution < -0.4 is 0 Å². The maximum Gasteiger partial charge on any atom is 0.408 e. The average molecular weight is 328 g/mol. The van der Waals surface area contributed by atoms with Crippen LogP contribution in [0.2, 0.25) is 0 Å². The van der Waals surface area contributed by atoms with Gasteiger partial charge in [0.15, 0.2) is 5.41 Å². The van der Waals surface area contributed by atoms with Crippen molar-refractivity contribution in [2.75, 3.05) is 0 Å². The normalized spacial score (nSPS) is 13.2. The molecule has 124 valence electrons. The molecule has 0 saturated heterocycles. The second kappa shape index (κ2) is 5.62. The number of halogens is 5. The van der Waals surface area contributed by atoms with E-state index >= 15 is 0 Å². The lowest BCUT2D eigenvalue weighted by Gasteiger charge is -2.41. The number of benzene rings is 2. The molecule has 0 atom stereocenters. The van der Waals surface area contributed by atoms with E-state index in [-0.39, 0.29) is 0 Å². The molecule has 0 bridgehead atoms. The first-order valence-electron chi connectivity index (χ1n) is 7.09. The molecule has 2 aromatic carbocycles. The van der Waals surface area contributed by atoms with Crippen molar-refractivity contribution in [3.05, 3.63) is 70.8 Å². The van der Waals surface area contributed by atoms with Gasteiger partial charge in [0.1, 0.15) is 0 Å². The minimum absolute atomic E-state index is 0.320. The molecule has 0 radical (unpaired) electrons. The molecule has 0 aromatic heterocycles. The Morgan fingerprint density at radius 1 is 0.609 bits per heavy atom. The standard InChI is InChI=1S/C18H17F5/c1-12-4-8-14(9-5-12)17(16(3,19)20,18(21,22)23)15-10-6-13(2)7-11-15/h4-11H,1-3H3. The zero-order valence-corrected chi connectivity index (χ0v) is 13.0. The molecule has 0 aliphatic rings. The SMILES string of the molecule is Cc1ccc(C(c2ccc(C)cc2)(C(C)(F)F)C(F)(F)F)cc1. The van der Waals surface area contributed by atoms with Crippen LogP contribution in [-0.4, -0.2) is 12.1 Å². The fourth-order valence-corrected chi connectivity index (χ4v) is 2.86. The summed E-state index contributed by atoms with van der Waals surface area (Å²) < 4.78 is 70.7. The van der Waals surface area contributed by atoms with E-state index in [1.807, 2.05) is 0 Å². The van der Waals surface area contributed by atoms with Crippen LogP contribution in [0.4, 0.5) is 22.0 Å². The number of aryl methyl sites for hydroxylation is 2. The predicted octanol–water partition coefficient (Wildman–Crippen LogP) is 5.81. The predicted molar refractivity (Wildman–Crippen MR) is 79.8 cm³/mol. The Bertz CT molecular complexity index is 599. The van der Waals surface area contributed by atoms with Gasteiger partial charge in [-0.3, -0.25) is 0 Å². The molecule has 0 N–H and O–H groups in total. The highest BCUT2D eigenvalue weighted by atomic mass is 19.4. The molecule has 23 heavy (non-hydrogen) atoms. The third-order valence-corrected chi connectivity index (χ3v) is 4.05. The molecule has 0 aliphatic heterocycles. The van der Waals surface area contributed by atoms with Crippen molar-refractivity contribution < 1.29 is 22.0 Å². The fourth-order valence-electron chi connectivity index (χ4n) is 2.86. The topological polar surface area (TPSA) is 0 Å². The maximum atomic E-state index is 14.4. The van der Waals surface area contributed by atoms with Crippen LogP contribution in [0.25, 0.3) is 0 Å². The Hall–Kier alpha value is -1.91. The molecular formula is C18H17F5. The van der Waals surface area contributed by atoms with E-state index in [0.29, 0.717) is 18.1 Å². The van der Waals surface area contributed by atoms with Crippen molar-refractivity contribution in [1.29, 1.82) is 0 Å². The Balaban J connectivity index is 2.86. The highest BCUT2D eigenvalue weighted by molar-refractivity contribution is 5.46. The van der Waals surface area contributed by atoms with E-state index in [2.05, 4.69) is 0 Å². The lowest BCUT2D eigenvalue weighted by molar-refractivity contribution is -0.239. The zero-order chi connectivity index (χ0) is 17.5. The van der Waals surface area contributed by atoms with Crippen LogP contribution in [0.5, 0.6) is 0 Å². The van der Waals surface area contributed by atoms with Gasteiger partial charge in [-0.25, -0.2) is 8.78 Å². The Morgan fingerprint density at radius 3 is 1.13 bits per heavy atom. The van der Waals surface area contributed by atoms with E-state index < -0.39 is 28.6 Å². The van der Waals surface area contributed by atoms with Gasteiger partial charge in [0.2, 0.25) is 0 Å². The minimum Gasteiger partial charge on any atom is -0.205 e. The Labute approximate surface area is 132 Å². The third kappa shape index (κ3) is 2.84. The Kier molecular flexibility index (Phi) is 4.26. The molecule has 0 amide bonds. The molecule has 0 fully saturated rings. The summed E-state index contributed by atoms with van der Waals surface area (Å²) in [6.45, 7) is 3.70. The first-order valence-corrected chi connectivity index (χ1v) is 7.09. The molecule has 0 unspecified atom stereocenters. The lowest BCUT2D eigenvalue weighted by atomic mass is 9.69. The third-order valence-electron chi connectivity index (χ3n) is 4.05. The zero-order valence-electron chi connectivity index (χ0n) is 13.0. The Morgan fingerprint density at radius 2 is 0.913 bits per heavy atom. The summed E-state index contributed by atoms with van der Waals surface area (Å²) >= 11 is 0. The smallest absolute Gasteiger partial charge is 0.205 e. The highest BCUT2D eigenvalue weighted by Crippen LogP contribution is 2.55. The van der Waals surface area contributed by atoms with Crippen molar-refractivity contribution in [3.8, 4) is 0 Å². The summed E-state index contributed by atoms with van der Waals surface area (Å²) in [6.07, 6.45) is -5.16. The quantitative estimate of drug-likeness (QED) is 0.624. The maximum absolute atomic E-state index is 14.4. The van der Waals surface area contributed by atoms with Crippen molar-refractivity contribution in [2.45, 2.75) is 38.3 Å². The summed E-state index contributed by atoms with van der Waals surface area (Å²) in [4.78, 5) is 0. The van der Waals surface area contributed by atoms with Gasteiger partial charge in [-0.15, -0.1) is 0 Å². The summed E-state index contributed by atoms with van der Waals surface area (Å²) in [5, 5.41) is 0. The molecule has 0 spiro atoms. The van der Waals surface area contributed by atoms with Crippen molar-refractivity contribution >= 4 is 0 Å². The summed E-state index contributed by atoms with van der Waals surface area (Å²) in [7, 11) is 0. The van der Waals surface area contributed by atoms with Crippen molar-refractivity contribution in [3.63, 3.8) is 0 Å². The minimum atomic E-state index is -5.16. The highest BCUT2D eigenvalue weighted by Gasteiger charge is 2.69. The van der Waals surface area contributed by atoms with Gasteiger partial charge < -0.3 is 0 Å². The second-order valence-electron chi connectivity index (χ2n) is 5.87. The molecule has 0 heterocycles. The molecule has 0 nitrogen and oxygen atoms in total. The van der Waals surface area contributed by atoms with E-state index in [1.54, 1.807) is 13.8 Å².